The number of aryl methyl sites for hydroxylation is 1. The molecule has 0 aromatic heterocycles. The first kappa shape index (κ1) is 12.7. The number of carbonyl (C=O) groups excluding carboxylic acids is 1. The lowest BCUT2D eigenvalue weighted by Gasteiger charge is -2.33. The standard InChI is InChI=1S/C16H21NO2/c18-16(14-7-8-14)17-10-11-19-15(12-17)9-6-13-4-2-1-3-5-13/h1-5,14-15H,6-12H2. The number of hydrogen-bond donors (Lipinski definition) is 0. The Kier molecular flexibility index (Phi) is 3.83. The van der Waals surface area contributed by atoms with Crippen molar-refractivity contribution in [3.05, 3.63) is 35.9 Å². The number of hydrogen-bond acceptors (Lipinski definition) is 2. The predicted molar refractivity (Wildman–Crippen MR) is 73.8 cm³/mol. The maximum atomic E-state index is 12.1. The summed E-state index contributed by atoms with van der Waals surface area (Å²) in [6.45, 7) is 2.25. The largest absolute Gasteiger partial charge is 0.375 e. The summed E-state index contributed by atoms with van der Waals surface area (Å²) in [6.07, 6.45) is 4.40. The lowest BCUT2D eigenvalue weighted by molar-refractivity contribution is -0.140. The maximum absolute atomic E-state index is 12.1. The molecule has 1 amide bonds. The van der Waals surface area contributed by atoms with E-state index in [2.05, 4.69) is 24.3 Å². The Morgan fingerprint density at radius 1 is 1.26 bits per heavy atom. The quantitative estimate of drug-likeness (QED) is 0.830. The van der Waals surface area contributed by atoms with Gasteiger partial charge in [-0.25, -0.2) is 0 Å². The fourth-order valence-corrected chi connectivity index (χ4v) is 2.65. The van der Waals surface area contributed by atoms with Crippen LogP contribution in [0, 0.1) is 5.92 Å². The highest BCUT2D eigenvalue weighted by Gasteiger charge is 2.35. The Bertz CT molecular complexity index is 428. The van der Waals surface area contributed by atoms with Gasteiger partial charge < -0.3 is 9.64 Å². The van der Waals surface area contributed by atoms with Crippen LogP contribution in [0.5, 0.6) is 0 Å². The van der Waals surface area contributed by atoms with Gasteiger partial charge in [-0.3, -0.25) is 4.79 Å². The van der Waals surface area contributed by atoms with Crippen LogP contribution in [0.2, 0.25) is 0 Å². The van der Waals surface area contributed by atoms with Crippen molar-refractivity contribution >= 4 is 5.91 Å². The first-order valence-corrected chi connectivity index (χ1v) is 7.27. The molecule has 1 aliphatic heterocycles. The molecule has 1 aromatic carbocycles. The second-order valence-corrected chi connectivity index (χ2v) is 5.58. The highest BCUT2D eigenvalue weighted by atomic mass is 16.5. The monoisotopic (exact) mass is 259 g/mol. The van der Waals surface area contributed by atoms with Gasteiger partial charge in [0.2, 0.25) is 5.91 Å². The third kappa shape index (κ3) is 3.35. The minimum atomic E-state index is 0.205. The van der Waals surface area contributed by atoms with Crippen molar-refractivity contribution in [3.63, 3.8) is 0 Å². The van der Waals surface area contributed by atoms with Gasteiger partial charge in [0.15, 0.2) is 0 Å². The van der Waals surface area contributed by atoms with Gasteiger partial charge in [0, 0.05) is 19.0 Å². The molecule has 1 saturated carbocycles. The van der Waals surface area contributed by atoms with Crippen LogP contribution in [0.4, 0.5) is 0 Å². The zero-order valence-electron chi connectivity index (χ0n) is 11.3. The maximum Gasteiger partial charge on any atom is 0.225 e. The van der Waals surface area contributed by atoms with E-state index in [0.29, 0.717) is 18.4 Å². The topological polar surface area (TPSA) is 29.5 Å². The third-order valence-corrected chi connectivity index (χ3v) is 3.97. The molecule has 102 valence electrons. The van der Waals surface area contributed by atoms with Crippen LogP contribution in [0.1, 0.15) is 24.8 Å². The summed E-state index contributed by atoms with van der Waals surface area (Å²) >= 11 is 0. The van der Waals surface area contributed by atoms with E-state index in [4.69, 9.17) is 4.74 Å². The molecule has 1 heterocycles. The Balaban J connectivity index is 1.49. The summed E-state index contributed by atoms with van der Waals surface area (Å²) in [5.74, 6) is 0.681. The minimum Gasteiger partial charge on any atom is -0.375 e. The molecule has 2 fully saturated rings. The molecule has 2 aliphatic rings. The van der Waals surface area contributed by atoms with Crippen molar-refractivity contribution < 1.29 is 9.53 Å². The normalized spacial score (nSPS) is 23.4. The van der Waals surface area contributed by atoms with Gasteiger partial charge in [-0.15, -0.1) is 0 Å². The van der Waals surface area contributed by atoms with E-state index in [-0.39, 0.29) is 6.10 Å². The van der Waals surface area contributed by atoms with Crippen molar-refractivity contribution in [3.8, 4) is 0 Å². The zero-order chi connectivity index (χ0) is 13.1. The second kappa shape index (κ2) is 5.74. The number of nitrogens with zero attached hydrogens (tertiary/aromatic N) is 1. The van der Waals surface area contributed by atoms with Gasteiger partial charge in [-0.1, -0.05) is 30.3 Å². The van der Waals surface area contributed by atoms with Crippen LogP contribution >= 0.6 is 0 Å². The number of ether oxygens (including phenoxy) is 1. The Hall–Kier alpha value is -1.35. The zero-order valence-corrected chi connectivity index (χ0v) is 11.3. The first-order chi connectivity index (χ1) is 9.33. The van der Waals surface area contributed by atoms with E-state index in [1.807, 2.05) is 11.0 Å². The Labute approximate surface area is 114 Å². The summed E-state index contributed by atoms with van der Waals surface area (Å²) in [5.41, 5.74) is 1.34. The fraction of sp³-hybridized carbons (Fsp3) is 0.562. The number of morpholine rings is 1. The molecule has 1 aliphatic carbocycles. The summed E-state index contributed by atoms with van der Waals surface area (Å²) in [5, 5.41) is 0. The average Bonchev–Trinajstić information content (AvgIpc) is 3.30. The highest BCUT2D eigenvalue weighted by Crippen LogP contribution is 2.31. The molecule has 19 heavy (non-hydrogen) atoms. The molecular weight excluding hydrogens is 238 g/mol. The van der Waals surface area contributed by atoms with E-state index in [0.717, 1.165) is 38.8 Å². The van der Waals surface area contributed by atoms with Gasteiger partial charge in [-0.2, -0.15) is 0 Å². The van der Waals surface area contributed by atoms with Crippen molar-refractivity contribution in [2.45, 2.75) is 31.8 Å². The number of benzene rings is 1. The molecule has 0 radical (unpaired) electrons. The summed E-state index contributed by atoms with van der Waals surface area (Å²) in [7, 11) is 0. The minimum absolute atomic E-state index is 0.205. The van der Waals surface area contributed by atoms with Gasteiger partial charge in [0.05, 0.1) is 12.7 Å². The highest BCUT2D eigenvalue weighted by molar-refractivity contribution is 5.81. The summed E-state index contributed by atoms with van der Waals surface area (Å²) in [6, 6.07) is 10.5. The van der Waals surface area contributed by atoms with Crippen LogP contribution < -0.4 is 0 Å². The number of rotatable bonds is 4. The number of carbonyl (C=O) groups is 1. The smallest absolute Gasteiger partial charge is 0.225 e. The van der Waals surface area contributed by atoms with E-state index >= 15 is 0 Å². The van der Waals surface area contributed by atoms with Crippen LogP contribution in [-0.4, -0.2) is 36.6 Å². The lowest BCUT2D eigenvalue weighted by Crippen LogP contribution is -2.46. The molecule has 3 rings (SSSR count). The van der Waals surface area contributed by atoms with E-state index < -0.39 is 0 Å². The summed E-state index contributed by atoms with van der Waals surface area (Å²) in [4.78, 5) is 14.1. The molecule has 0 bridgehead atoms. The van der Waals surface area contributed by atoms with E-state index in [1.165, 1.54) is 5.56 Å². The van der Waals surface area contributed by atoms with Gasteiger partial charge >= 0.3 is 0 Å². The molecule has 3 heteroatoms. The molecule has 1 unspecified atom stereocenters. The van der Waals surface area contributed by atoms with Crippen LogP contribution in [0.25, 0.3) is 0 Å². The Morgan fingerprint density at radius 3 is 2.79 bits per heavy atom. The Morgan fingerprint density at radius 2 is 2.05 bits per heavy atom. The van der Waals surface area contributed by atoms with Gasteiger partial charge in [0.25, 0.3) is 0 Å². The summed E-state index contributed by atoms with van der Waals surface area (Å²) < 4.78 is 5.79. The second-order valence-electron chi connectivity index (χ2n) is 5.58. The number of amides is 1. The van der Waals surface area contributed by atoms with Crippen molar-refractivity contribution in [2.24, 2.45) is 5.92 Å². The van der Waals surface area contributed by atoms with Crippen molar-refractivity contribution in [2.75, 3.05) is 19.7 Å². The first-order valence-electron chi connectivity index (χ1n) is 7.27. The third-order valence-electron chi connectivity index (χ3n) is 3.97. The molecular formula is C16H21NO2. The SMILES string of the molecule is O=C(C1CC1)N1CCOC(CCc2ccccc2)C1. The molecule has 1 atom stereocenters. The van der Waals surface area contributed by atoms with Gasteiger partial charge in [0.1, 0.15) is 0 Å². The molecule has 0 N–H and O–H groups in total. The molecule has 0 spiro atoms. The fourth-order valence-electron chi connectivity index (χ4n) is 2.65. The van der Waals surface area contributed by atoms with E-state index in [9.17, 15) is 4.79 Å². The molecule has 1 aromatic rings. The molecule has 3 nitrogen and oxygen atoms in total. The van der Waals surface area contributed by atoms with E-state index in [1.54, 1.807) is 0 Å². The lowest BCUT2D eigenvalue weighted by atomic mass is 10.1. The van der Waals surface area contributed by atoms with Crippen LogP contribution in [-0.2, 0) is 16.0 Å². The average molecular weight is 259 g/mol. The molecule has 1 saturated heterocycles. The van der Waals surface area contributed by atoms with Crippen molar-refractivity contribution in [1.82, 2.24) is 4.90 Å². The van der Waals surface area contributed by atoms with Crippen LogP contribution in [0.3, 0.4) is 0 Å². The van der Waals surface area contributed by atoms with Crippen LogP contribution in [0.15, 0.2) is 30.3 Å². The van der Waals surface area contributed by atoms with Crippen molar-refractivity contribution in [1.29, 1.82) is 0 Å². The van der Waals surface area contributed by atoms with Gasteiger partial charge in [-0.05, 0) is 31.2 Å². The predicted octanol–water partition coefficient (Wildman–Crippen LogP) is 2.26.